The Morgan fingerprint density at radius 1 is 1.05 bits per heavy atom. The van der Waals surface area contributed by atoms with Crippen molar-refractivity contribution in [2.75, 3.05) is 0 Å². The Labute approximate surface area is 126 Å². The van der Waals surface area contributed by atoms with Crippen LogP contribution in [0.1, 0.15) is 32.0 Å². The molecule has 0 saturated heterocycles. The largest absolute Gasteiger partial charge is 0.308 e. The number of aromatic nitrogens is 1. The molecule has 0 unspecified atom stereocenters. The first-order chi connectivity index (χ1) is 9.53. The quantitative estimate of drug-likeness (QED) is 0.831. The minimum absolute atomic E-state index is 0.159. The van der Waals surface area contributed by atoms with Crippen LogP contribution in [-0.4, -0.2) is 10.5 Å². The van der Waals surface area contributed by atoms with Crippen molar-refractivity contribution >= 4 is 11.8 Å². The van der Waals surface area contributed by atoms with Crippen LogP contribution in [0, 0.1) is 0 Å². The molecule has 0 aliphatic rings. The topological polar surface area (TPSA) is 24.9 Å². The van der Waals surface area contributed by atoms with Crippen molar-refractivity contribution in [1.29, 1.82) is 0 Å². The zero-order valence-electron chi connectivity index (χ0n) is 12.4. The second-order valence-corrected chi connectivity index (χ2v) is 6.91. The SMILES string of the molecule is CC(C)(C)NCc1ccc(SCc2ccccn2)cc1. The van der Waals surface area contributed by atoms with E-state index in [9.17, 15) is 0 Å². The number of nitrogens with zero attached hydrogens (tertiary/aromatic N) is 1. The molecular formula is C17H22N2S. The highest BCUT2D eigenvalue weighted by Gasteiger charge is 2.08. The summed E-state index contributed by atoms with van der Waals surface area (Å²) in [6, 6.07) is 14.8. The molecular weight excluding hydrogens is 264 g/mol. The van der Waals surface area contributed by atoms with Crippen molar-refractivity contribution in [3.8, 4) is 0 Å². The lowest BCUT2D eigenvalue weighted by Crippen LogP contribution is -2.35. The number of pyridine rings is 1. The van der Waals surface area contributed by atoms with E-state index in [-0.39, 0.29) is 5.54 Å². The van der Waals surface area contributed by atoms with E-state index in [4.69, 9.17) is 0 Å². The van der Waals surface area contributed by atoms with E-state index in [0.717, 1.165) is 18.0 Å². The molecule has 0 aliphatic carbocycles. The predicted molar refractivity (Wildman–Crippen MR) is 86.8 cm³/mol. The Morgan fingerprint density at radius 3 is 2.40 bits per heavy atom. The van der Waals surface area contributed by atoms with Gasteiger partial charge in [-0.15, -0.1) is 11.8 Å². The van der Waals surface area contributed by atoms with Crippen LogP contribution in [-0.2, 0) is 12.3 Å². The molecule has 0 spiro atoms. The first-order valence-corrected chi connectivity index (χ1v) is 7.88. The Kier molecular flexibility index (Phi) is 5.21. The van der Waals surface area contributed by atoms with Gasteiger partial charge in [-0.3, -0.25) is 4.98 Å². The highest BCUT2D eigenvalue weighted by molar-refractivity contribution is 7.98. The molecule has 0 radical (unpaired) electrons. The Balaban J connectivity index is 1.85. The van der Waals surface area contributed by atoms with Crippen LogP contribution in [0.5, 0.6) is 0 Å². The number of nitrogens with one attached hydrogen (secondary N) is 1. The van der Waals surface area contributed by atoms with Gasteiger partial charge >= 0.3 is 0 Å². The Morgan fingerprint density at radius 2 is 1.80 bits per heavy atom. The molecule has 3 heteroatoms. The Bertz CT molecular complexity index is 515. The van der Waals surface area contributed by atoms with Gasteiger partial charge in [0.25, 0.3) is 0 Å². The molecule has 1 aromatic carbocycles. The van der Waals surface area contributed by atoms with Crippen molar-refractivity contribution in [1.82, 2.24) is 10.3 Å². The molecule has 2 rings (SSSR count). The summed E-state index contributed by atoms with van der Waals surface area (Å²) in [7, 11) is 0. The number of benzene rings is 1. The van der Waals surface area contributed by atoms with Gasteiger partial charge in [-0.1, -0.05) is 18.2 Å². The van der Waals surface area contributed by atoms with Gasteiger partial charge < -0.3 is 5.32 Å². The number of hydrogen-bond acceptors (Lipinski definition) is 3. The average molecular weight is 286 g/mol. The van der Waals surface area contributed by atoms with Crippen LogP contribution < -0.4 is 5.32 Å². The maximum Gasteiger partial charge on any atom is 0.0506 e. The van der Waals surface area contributed by atoms with Crippen LogP contribution in [0.15, 0.2) is 53.6 Å². The summed E-state index contributed by atoms with van der Waals surface area (Å²) >= 11 is 1.82. The van der Waals surface area contributed by atoms with Gasteiger partial charge in [-0.2, -0.15) is 0 Å². The van der Waals surface area contributed by atoms with Crippen molar-refractivity contribution in [2.24, 2.45) is 0 Å². The molecule has 0 bridgehead atoms. The van der Waals surface area contributed by atoms with Crippen molar-refractivity contribution in [3.63, 3.8) is 0 Å². The second kappa shape index (κ2) is 6.91. The maximum absolute atomic E-state index is 4.34. The van der Waals surface area contributed by atoms with Crippen molar-refractivity contribution in [3.05, 3.63) is 59.9 Å². The zero-order valence-corrected chi connectivity index (χ0v) is 13.2. The number of rotatable bonds is 5. The molecule has 0 fully saturated rings. The van der Waals surface area contributed by atoms with Gasteiger partial charge in [0.2, 0.25) is 0 Å². The fraction of sp³-hybridized carbons (Fsp3) is 0.353. The van der Waals surface area contributed by atoms with E-state index in [1.165, 1.54) is 10.5 Å². The van der Waals surface area contributed by atoms with Gasteiger partial charge in [-0.25, -0.2) is 0 Å². The van der Waals surface area contributed by atoms with Crippen molar-refractivity contribution < 1.29 is 0 Å². The molecule has 1 aromatic heterocycles. The minimum Gasteiger partial charge on any atom is -0.308 e. The molecule has 2 aromatic rings. The summed E-state index contributed by atoms with van der Waals surface area (Å²) in [6.45, 7) is 7.47. The molecule has 0 atom stereocenters. The van der Waals surface area contributed by atoms with Crippen LogP contribution >= 0.6 is 11.8 Å². The third-order valence-corrected chi connectivity index (χ3v) is 3.90. The summed E-state index contributed by atoms with van der Waals surface area (Å²) in [5, 5.41) is 3.50. The van der Waals surface area contributed by atoms with E-state index in [1.807, 2.05) is 30.1 Å². The summed E-state index contributed by atoms with van der Waals surface area (Å²) in [6.07, 6.45) is 1.84. The van der Waals surface area contributed by atoms with Gasteiger partial charge in [-0.05, 0) is 50.6 Å². The lowest BCUT2D eigenvalue weighted by atomic mass is 10.1. The molecule has 2 nitrogen and oxygen atoms in total. The summed E-state index contributed by atoms with van der Waals surface area (Å²) in [5.41, 5.74) is 2.60. The minimum atomic E-state index is 0.159. The predicted octanol–water partition coefficient (Wildman–Crippen LogP) is 4.26. The molecule has 0 amide bonds. The molecule has 20 heavy (non-hydrogen) atoms. The first kappa shape index (κ1) is 15.1. The third kappa shape index (κ3) is 5.35. The van der Waals surface area contributed by atoms with Crippen LogP contribution in [0.2, 0.25) is 0 Å². The molecule has 0 saturated carbocycles. The van der Waals surface area contributed by atoms with Crippen molar-refractivity contribution in [2.45, 2.75) is 43.5 Å². The van der Waals surface area contributed by atoms with E-state index in [1.54, 1.807) is 0 Å². The highest BCUT2D eigenvalue weighted by Crippen LogP contribution is 2.22. The third-order valence-electron chi connectivity index (χ3n) is 2.86. The fourth-order valence-electron chi connectivity index (χ4n) is 1.71. The summed E-state index contributed by atoms with van der Waals surface area (Å²) in [5.74, 6) is 0.917. The molecule has 1 heterocycles. The standard InChI is InChI=1S/C17H22N2S/c1-17(2,3)19-12-14-7-9-16(10-8-14)20-13-15-6-4-5-11-18-15/h4-11,19H,12-13H2,1-3H3. The molecule has 106 valence electrons. The normalized spacial score (nSPS) is 11.6. The fourth-order valence-corrected chi connectivity index (χ4v) is 2.53. The monoisotopic (exact) mass is 286 g/mol. The highest BCUT2D eigenvalue weighted by atomic mass is 32.2. The summed E-state index contributed by atoms with van der Waals surface area (Å²) < 4.78 is 0. The first-order valence-electron chi connectivity index (χ1n) is 6.90. The molecule has 1 N–H and O–H groups in total. The maximum atomic E-state index is 4.34. The van der Waals surface area contributed by atoms with E-state index in [0.29, 0.717) is 0 Å². The van der Waals surface area contributed by atoms with Gasteiger partial charge in [0.1, 0.15) is 0 Å². The molecule has 0 aliphatic heterocycles. The van der Waals surface area contributed by atoms with E-state index < -0.39 is 0 Å². The van der Waals surface area contributed by atoms with Crippen LogP contribution in [0.3, 0.4) is 0 Å². The smallest absolute Gasteiger partial charge is 0.0506 e. The average Bonchev–Trinajstić information content (AvgIpc) is 2.44. The van der Waals surface area contributed by atoms with Gasteiger partial charge in [0.15, 0.2) is 0 Å². The lowest BCUT2D eigenvalue weighted by Gasteiger charge is -2.20. The van der Waals surface area contributed by atoms with Crippen LogP contribution in [0.4, 0.5) is 0 Å². The number of thioether (sulfide) groups is 1. The number of hydrogen-bond donors (Lipinski definition) is 1. The lowest BCUT2D eigenvalue weighted by molar-refractivity contribution is 0.424. The zero-order chi connectivity index (χ0) is 14.4. The van der Waals surface area contributed by atoms with Crippen LogP contribution in [0.25, 0.3) is 0 Å². The van der Waals surface area contributed by atoms with Gasteiger partial charge in [0, 0.05) is 28.9 Å². The second-order valence-electron chi connectivity index (χ2n) is 5.86. The summed E-state index contributed by atoms with van der Waals surface area (Å²) in [4.78, 5) is 5.62. The Hall–Kier alpha value is -1.32. The van der Waals surface area contributed by atoms with E-state index >= 15 is 0 Å². The van der Waals surface area contributed by atoms with Gasteiger partial charge in [0.05, 0.1) is 5.69 Å². The van der Waals surface area contributed by atoms with E-state index in [2.05, 4.69) is 61.4 Å².